The lowest BCUT2D eigenvalue weighted by atomic mass is 9.47. The summed E-state index contributed by atoms with van der Waals surface area (Å²) < 4.78 is 36.5. The molecule has 7 rings (SSSR count). The second-order valence-corrected chi connectivity index (χ2v) is 33.2. The summed E-state index contributed by atoms with van der Waals surface area (Å²) in [6.45, 7) is 25.2. The molecule has 5 fully saturated rings. The summed E-state index contributed by atoms with van der Waals surface area (Å²) in [4.78, 5) is 2.12. The van der Waals surface area contributed by atoms with Crippen molar-refractivity contribution in [2.45, 2.75) is 323 Å². The van der Waals surface area contributed by atoms with E-state index < -0.39 is 9.05 Å². The van der Waals surface area contributed by atoms with Gasteiger partial charge in [0, 0.05) is 30.4 Å². The monoisotopic (exact) mass is 1420 g/mol. The van der Waals surface area contributed by atoms with Crippen LogP contribution in [0, 0.1) is 53.3 Å². The van der Waals surface area contributed by atoms with Crippen molar-refractivity contribution >= 4 is 31.3 Å². The van der Waals surface area contributed by atoms with Gasteiger partial charge >= 0.3 is 0 Å². The fraction of sp³-hybridized carbons (Fsp3) is 0.810. The molecule has 13 heteroatoms. The molecule has 566 valence electrons. The second-order valence-electron chi connectivity index (χ2n) is 30.3. The molecule has 1 aromatic rings. The molecule has 3 unspecified atom stereocenters. The lowest BCUT2D eigenvalue weighted by Crippen LogP contribution is -2.50. The summed E-state index contributed by atoms with van der Waals surface area (Å²) >= 11 is 5.27. The fourth-order valence-electron chi connectivity index (χ4n) is 14.8. The van der Waals surface area contributed by atoms with Crippen LogP contribution in [0.3, 0.4) is 0 Å². The van der Waals surface area contributed by atoms with E-state index in [1.165, 1.54) is 205 Å². The Morgan fingerprint density at radius 2 is 1.19 bits per heavy atom. The lowest BCUT2D eigenvalue weighted by Gasteiger charge is -2.58. The van der Waals surface area contributed by atoms with Crippen LogP contribution in [0.5, 0.6) is 0 Å². The number of halogens is 2. The number of epoxide rings is 2. The second kappa shape index (κ2) is 58.5. The number of rotatable bonds is 41. The molecule has 0 bridgehead atoms. The van der Waals surface area contributed by atoms with Crippen LogP contribution in [-0.4, -0.2) is 127 Å². The molecule has 2 aliphatic heterocycles. The zero-order chi connectivity index (χ0) is 72.0. The molecule has 97 heavy (non-hydrogen) atoms. The van der Waals surface area contributed by atoms with E-state index in [-0.39, 0.29) is 17.1 Å². The Morgan fingerprint density at radius 3 is 1.63 bits per heavy atom. The minimum absolute atomic E-state index is 0.0766. The van der Waals surface area contributed by atoms with Crippen molar-refractivity contribution in [2.75, 3.05) is 73.6 Å². The number of benzene rings is 1. The highest BCUT2D eigenvalue weighted by molar-refractivity contribution is 8.13. The Kier molecular flexibility index (Phi) is 56.2. The predicted molar refractivity (Wildman–Crippen MR) is 420 cm³/mol. The van der Waals surface area contributed by atoms with Crippen molar-refractivity contribution < 1.29 is 37.9 Å². The van der Waals surface area contributed by atoms with E-state index in [2.05, 4.69) is 115 Å². The summed E-state index contributed by atoms with van der Waals surface area (Å²) in [6, 6.07) is 6.37. The maximum atomic E-state index is 10.7. The van der Waals surface area contributed by atoms with Gasteiger partial charge in [0.05, 0.1) is 55.0 Å². The molecule has 2 heterocycles. The molecule has 11 atom stereocenters. The smallest absolute Gasteiger partial charge is 0.261 e. The number of nitrogens with zero attached hydrogens (tertiary/aromatic N) is 1. The summed E-state index contributed by atoms with van der Waals surface area (Å²) in [7, 11) is 9.21. The number of nitrogens with one attached hydrogen (secondary N) is 1. The minimum Gasteiger partial charge on any atom is -0.396 e. The van der Waals surface area contributed by atoms with Crippen molar-refractivity contribution in [3.05, 3.63) is 90.1 Å². The maximum Gasteiger partial charge on any atom is 0.261 e. The highest BCUT2D eigenvalue weighted by atomic mass is 35.7. The van der Waals surface area contributed by atoms with Crippen LogP contribution in [0.2, 0.25) is 0 Å². The van der Waals surface area contributed by atoms with E-state index in [1.807, 2.05) is 40.0 Å². The Bertz CT molecular complexity index is 2260. The molecule has 4 aliphatic carbocycles. The molecule has 0 radical (unpaired) electrons. The average molecular weight is 1420 g/mol. The molecule has 10 nitrogen and oxygen atoms in total. The molecule has 0 spiro atoms. The molecule has 1 aromatic carbocycles. The zero-order valence-electron chi connectivity index (χ0n) is 64.7. The van der Waals surface area contributed by atoms with Crippen molar-refractivity contribution in [3.8, 4) is 0 Å². The lowest BCUT2D eigenvalue weighted by molar-refractivity contribution is -0.0573. The number of fused-ring (bicyclic) bond motifs is 5. The molecule has 0 aromatic heterocycles. The number of hydrogen-bond donors (Lipinski definition) is 4. The molecular formula is C84H152Cl2N2O8S. The quantitative estimate of drug-likeness (QED) is 0.0164. The minimum atomic E-state index is -3.55. The van der Waals surface area contributed by atoms with Gasteiger partial charge in [0.25, 0.3) is 9.05 Å². The largest absolute Gasteiger partial charge is 0.396 e. The van der Waals surface area contributed by atoms with Gasteiger partial charge < -0.3 is 39.7 Å². The predicted octanol–water partition coefficient (Wildman–Crippen LogP) is 22.1. The van der Waals surface area contributed by atoms with Crippen LogP contribution in [0.25, 0.3) is 0 Å². The van der Waals surface area contributed by atoms with Crippen molar-refractivity contribution in [1.82, 2.24) is 10.2 Å². The topological polar surface area (TPSA) is 144 Å². The summed E-state index contributed by atoms with van der Waals surface area (Å²) in [5, 5.41) is 31.3. The van der Waals surface area contributed by atoms with Gasteiger partial charge in [-0.3, -0.25) is 0 Å². The summed E-state index contributed by atoms with van der Waals surface area (Å²) in [5.74, 6) is 6.12. The Balaban J connectivity index is 0.000000626. The third kappa shape index (κ3) is 45.8. The Morgan fingerprint density at radius 1 is 0.680 bits per heavy atom. The van der Waals surface area contributed by atoms with Gasteiger partial charge in [-0.15, -0.1) is 11.6 Å². The van der Waals surface area contributed by atoms with E-state index in [0.29, 0.717) is 48.7 Å². The number of aliphatic hydroxyl groups is 3. The van der Waals surface area contributed by atoms with Crippen LogP contribution < -0.4 is 5.32 Å². The van der Waals surface area contributed by atoms with Gasteiger partial charge in [0.1, 0.15) is 0 Å². The molecule has 4 N–H and O–H groups in total. The van der Waals surface area contributed by atoms with Gasteiger partial charge in [-0.25, -0.2) is 8.42 Å². The number of likely N-dealkylation sites (N-methyl/N-ethyl adjacent to an activating group) is 1. The first kappa shape index (κ1) is 93.1. The molecular weight excluding hydrogens is 1270 g/mol. The Hall–Kier alpha value is -1.87. The number of aliphatic hydroxyl groups excluding tert-OH is 3. The van der Waals surface area contributed by atoms with E-state index in [4.69, 9.17) is 41.6 Å². The SMILES string of the molecule is CC(C)CCC[C@@H](C)[C@H]1CC[C@H]2[C@@H]3CC=C4C[C@@H](O)CC[C@]4(C)[C@H]3CC[C@]12C.CCC1CO1.CCCCC/C=C\C/C=C\CCCCCCCCO.CCCCC/C=C\C/C=C\CCCCCCCCOCC(O)CN(C)C.CNC.Cc1ccc(S(=O)(=O)Cl)cc1.ClCC1CO1. The Labute approximate surface area is 608 Å². The maximum absolute atomic E-state index is 10.7. The average Bonchev–Trinajstić information content (AvgIpc) is 1.63. The standard InChI is InChI=1S/C27H46O.C23H45NO2.C18H34O.C7H7ClO2S.C4H8O.C3H5ClO.C2H7N/c1-18(2)7-6-8-19(3)23-11-12-24-22-10-9-20-17-21(28)13-15-26(20,4)25(22)14-16-27(23,24)5;1-4-5-6-7-8-9-10-11-12-13-14-15-16-17-18-19-20-26-22-23(25)21-24(2)3;1-2-3-4-5-6-7-8-9-10-11-12-13-14-15-16-17-18-19;1-6-2-4-7(5-3-6)11(8,9)10;1-2-4-3-5-4;4-1-3-2-5-3;1-3-2/h9,18-19,21-25,28H,6-8,10-17H2,1-5H3;8-9,11-12,23,25H,4-7,10,13-22H2,1-3H3;6-7,9-10,19H,2-5,8,11-18H2,1H3;2-5H,1H3;4H,2-3H2,1H3;3H,1-2H2;3H,1-2H3/b;9-8-,12-11-;7-6-,10-9-;;;;/t19-,21+,22+,23-,24+,25+,26+,27-;;;;;;/m1....../s1. The van der Waals surface area contributed by atoms with E-state index in [9.17, 15) is 18.6 Å². The number of unbranched alkanes of at least 4 members (excludes halogenated alkanes) is 18. The third-order valence-electron chi connectivity index (χ3n) is 20.7. The van der Waals surface area contributed by atoms with Crippen molar-refractivity contribution in [3.63, 3.8) is 0 Å². The zero-order valence-corrected chi connectivity index (χ0v) is 67.0. The summed E-state index contributed by atoms with van der Waals surface area (Å²) in [6.07, 6.45) is 67.7. The van der Waals surface area contributed by atoms with Gasteiger partial charge in [-0.05, 0) is 228 Å². The molecule has 6 aliphatic rings. The van der Waals surface area contributed by atoms with Gasteiger partial charge in [0.15, 0.2) is 0 Å². The van der Waals surface area contributed by atoms with Crippen LogP contribution in [0.4, 0.5) is 0 Å². The van der Waals surface area contributed by atoms with E-state index in [0.717, 1.165) is 99.4 Å². The highest BCUT2D eigenvalue weighted by Gasteiger charge is 2.59. The van der Waals surface area contributed by atoms with Crippen LogP contribution in [0.15, 0.2) is 89.4 Å². The molecule has 0 amide bonds. The van der Waals surface area contributed by atoms with Crippen molar-refractivity contribution in [1.29, 1.82) is 0 Å². The van der Waals surface area contributed by atoms with Crippen LogP contribution in [0.1, 0.15) is 292 Å². The van der Waals surface area contributed by atoms with Gasteiger partial charge in [-0.1, -0.05) is 230 Å². The first-order valence-electron chi connectivity index (χ1n) is 39.5. The summed E-state index contributed by atoms with van der Waals surface area (Å²) in [5.41, 5.74) is 3.61. The van der Waals surface area contributed by atoms with Crippen molar-refractivity contribution in [2.24, 2.45) is 46.3 Å². The van der Waals surface area contributed by atoms with Gasteiger partial charge in [-0.2, -0.15) is 0 Å². The fourth-order valence-corrected chi connectivity index (χ4v) is 15.8. The highest BCUT2D eigenvalue weighted by Crippen LogP contribution is 2.67. The normalized spacial score (nSPS) is 24.4. The van der Waals surface area contributed by atoms with E-state index in [1.54, 1.807) is 17.7 Å². The van der Waals surface area contributed by atoms with Crippen LogP contribution >= 0.6 is 22.3 Å². The number of hydrogen-bond acceptors (Lipinski definition) is 10. The first-order chi connectivity index (χ1) is 46.6. The third-order valence-corrected chi connectivity index (χ3v) is 22.5. The molecule has 3 saturated carbocycles. The molecule has 2 saturated heterocycles. The van der Waals surface area contributed by atoms with Gasteiger partial charge in [0.2, 0.25) is 0 Å². The number of aryl methyl sites for hydroxylation is 1. The number of alkyl halides is 1. The first-order valence-corrected chi connectivity index (χ1v) is 42.3. The van der Waals surface area contributed by atoms with Crippen LogP contribution in [-0.2, 0) is 23.3 Å². The number of allylic oxidation sites excluding steroid dienone is 9. The number of ether oxygens (including phenoxy) is 3. The van der Waals surface area contributed by atoms with E-state index >= 15 is 0 Å².